The van der Waals surface area contributed by atoms with Gasteiger partial charge in [-0.15, -0.1) is 0 Å². The van der Waals surface area contributed by atoms with Gasteiger partial charge < -0.3 is 0 Å². The molecular formula is C17H12ClF17NO+. The summed E-state index contributed by atoms with van der Waals surface area (Å²) in [4.78, 5) is 0. The molecule has 1 aromatic heterocycles. The number of halogens is 18. The maximum absolute atomic E-state index is 13.8. The average molecular weight is 605 g/mol. The van der Waals surface area contributed by atoms with E-state index in [1.54, 1.807) is 0 Å². The fraction of sp³-hybridized carbons (Fsp3) is 0.706. The van der Waals surface area contributed by atoms with Crippen LogP contribution in [0.2, 0.25) is 5.15 Å². The standard InChI is InChI=1S/C17H12ClF17NO/c18-9-7-8(4-6-36(9)37)3-1-2-5-10(19,20)11(21,22)12(23,24)13(25,26)14(27,28)15(29,30)16(31,32)17(33,34)35/h4,6-7,37H,1-3,5H2/q+1. The Morgan fingerprint density at radius 3 is 1.43 bits per heavy atom. The molecule has 0 aliphatic rings. The Labute approximate surface area is 199 Å². The number of rotatable bonds is 11. The van der Waals surface area contributed by atoms with E-state index in [-0.39, 0.29) is 17.1 Å². The van der Waals surface area contributed by atoms with Gasteiger partial charge in [0.05, 0.1) is 0 Å². The van der Waals surface area contributed by atoms with Crippen LogP contribution in [0.15, 0.2) is 18.3 Å². The van der Waals surface area contributed by atoms with E-state index in [4.69, 9.17) is 16.8 Å². The van der Waals surface area contributed by atoms with E-state index in [2.05, 4.69) is 0 Å². The van der Waals surface area contributed by atoms with Gasteiger partial charge in [-0.25, -0.2) is 0 Å². The minimum atomic E-state index is -8.63. The number of aryl methyl sites for hydroxylation is 1. The van der Waals surface area contributed by atoms with Crippen molar-refractivity contribution < 1.29 is 84.6 Å². The average Bonchev–Trinajstić information content (AvgIpc) is 2.72. The first-order chi connectivity index (χ1) is 16.1. The topological polar surface area (TPSA) is 24.1 Å². The first-order valence-electron chi connectivity index (χ1n) is 9.24. The van der Waals surface area contributed by atoms with E-state index in [0.29, 0.717) is 4.73 Å². The van der Waals surface area contributed by atoms with Crippen LogP contribution in [0.3, 0.4) is 0 Å². The van der Waals surface area contributed by atoms with Crippen LogP contribution in [0, 0.1) is 0 Å². The Hall–Kier alpha value is -1.95. The second-order valence-electron chi connectivity index (χ2n) is 7.56. The fourth-order valence-electron chi connectivity index (χ4n) is 2.69. The van der Waals surface area contributed by atoms with Gasteiger partial charge in [-0.1, -0.05) is 0 Å². The molecule has 2 nitrogen and oxygen atoms in total. The summed E-state index contributed by atoms with van der Waals surface area (Å²) in [5.74, 6) is -56.2. The van der Waals surface area contributed by atoms with Gasteiger partial charge in [0.1, 0.15) is 0 Å². The monoisotopic (exact) mass is 604 g/mol. The van der Waals surface area contributed by atoms with Crippen molar-refractivity contribution in [3.63, 3.8) is 0 Å². The summed E-state index contributed by atoms with van der Waals surface area (Å²) in [6.07, 6.45) is -11.5. The van der Waals surface area contributed by atoms with Crippen LogP contribution in [0.1, 0.15) is 24.8 Å². The Bertz CT molecular complexity index is 960. The van der Waals surface area contributed by atoms with Crippen molar-refractivity contribution in [3.8, 4) is 0 Å². The maximum atomic E-state index is 13.8. The summed E-state index contributed by atoms with van der Waals surface area (Å²) < 4.78 is 225. The van der Waals surface area contributed by atoms with E-state index in [9.17, 15) is 74.6 Å². The first kappa shape index (κ1) is 33.1. The fourth-order valence-corrected chi connectivity index (χ4v) is 2.89. The Morgan fingerprint density at radius 2 is 1.03 bits per heavy atom. The third-order valence-corrected chi connectivity index (χ3v) is 5.23. The van der Waals surface area contributed by atoms with Crippen molar-refractivity contribution in [1.82, 2.24) is 0 Å². The van der Waals surface area contributed by atoms with Gasteiger partial charge in [-0.05, 0) is 36.4 Å². The molecule has 216 valence electrons. The van der Waals surface area contributed by atoms with Crippen LogP contribution in [-0.4, -0.2) is 52.8 Å². The maximum Gasteiger partial charge on any atom is 0.460 e. The number of aromatic nitrogens is 1. The number of alkyl halides is 17. The van der Waals surface area contributed by atoms with Gasteiger partial charge in [0, 0.05) is 23.3 Å². The molecule has 0 saturated heterocycles. The molecule has 20 heteroatoms. The Balaban J connectivity index is 3.23. The molecule has 1 rings (SSSR count). The molecule has 0 atom stereocenters. The van der Waals surface area contributed by atoms with E-state index >= 15 is 0 Å². The van der Waals surface area contributed by atoms with Crippen LogP contribution in [-0.2, 0) is 6.42 Å². The lowest BCUT2D eigenvalue weighted by Crippen LogP contribution is -2.74. The smallest absolute Gasteiger partial charge is 0.284 e. The molecule has 1 aromatic rings. The molecule has 0 spiro atoms. The third-order valence-electron chi connectivity index (χ3n) is 4.95. The van der Waals surface area contributed by atoms with E-state index in [1.807, 2.05) is 0 Å². The highest BCUT2D eigenvalue weighted by Gasteiger charge is 2.95. The normalized spacial score (nSPS) is 15.3. The van der Waals surface area contributed by atoms with Gasteiger partial charge >= 0.3 is 52.8 Å². The highest BCUT2D eigenvalue weighted by Crippen LogP contribution is 2.64. The predicted molar refractivity (Wildman–Crippen MR) is 87.1 cm³/mol. The predicted octanol–water partition coefficient (Wildman–Crippen LogP) is 7.59. The number of hydrogen-bond donors (Lipinski definition) is 1. The molecule has 0 aromatic carbocycles. The zero-order valence-corrected chi connectivity index (χ0v) is 18.0. The molecule has 0 saturated carbocycles. The van der Waals surface area contributed by atoms with E-state index in [1.165, 1.54) is 0 Å². The lowest BCUT2D eigenvalue weighted by molar-refractivity contribution is -0.903. The first-order valence-corrected chi connectivity index (χ1v) is 9.62. The lowest BCUT2D eigenvalue weighted by atomic mass is 9.87. The largest absolute Gasteiger partial charge is 0.460 e. The summed E-state index contributed by atoms with van der Waals surface area (Å²) in [5.41, 5.74) is 0.134. The highest BCUT2D eigenvalue weighted by atomic mass is 35.5. The Morgan fingerprint density at radius 1 is 0.622 bits per heavy atom. The molecule has 0 amide bonds. The number of nitrogens with zero attached hydrogens (tertiary/aromatic N) is 1. The molecule has 0 unspecified atom stereocenters. The minimum Gasteiger partial charge on any atom is -0.284 e. The molecule has 37 heavy (non-hydrogen) atoms. The molecule has 0 fully saturated rings. The number of hydrogen-bond acceptors (Lipinski definition) is 1. The molecular weight excluding hydrogens is 593 g/mol. The molecule has 1 N–H and O–H groups in total. The van der Waals surface area contributed by atoms with Crippen LogP contribution in [0.25, 0.3) is 0 Å². The summed E-state index contributed by atoms with van der Waals surface area (Å²) in [6, 6.07) is 2.12. The molecule has 0 aliphatic carbocycles. The van der Waals surface area contributed by atoms with Crippen LogP contribution >= 0.6 is 11.6 Å². The van der Waals surface area contributed by atoms with E-state index in [0.717, 1.165) is 18.3 Å². The van der Waals surface area contributed by atoms with Crippen molar-refractivity contribution in [3.05, 3.63) is 29.0 Å². The summed E-state index contributed by atoms with van der Waals surface area (Å²) >= 11 is 5.49. The third kappa shape index (κ3) is 5.20. The summed E-state index contributed by atoms with van der Waals surface area (Å²) in [6.45, 7) is 0. The molecule has 0 bridgehead atoms. The van der Waals surface area contributed by atoms with Gasteiger partial charge in [-0.2, -0.15) is 74.6 Å². The van der Waals surface area contributed by atoms with Crippen LogP contribution < -0.4 is 4.73 Å². The van der Waals surface area contributed by atoms with Gasteiger partial charge in [0.2, 0.25) is 6.20 Å². The SMILES string of the molecule is O[n+]1ccc(CCCCC(F)(F)C(F)(F)C(F)(F)C(F)(F)C(F)(F)C(F)(F)C(F)(F)C(F)(F)F)cc1Cl. The van der Waals surface area contributed by atoms with Crippen molar-refractivity contribution in [1.29, 1.82) is 0 Å². The van der Waals surface area contributed by atoms with Gasteiger partial charge in [0.25, 0.3) is 0 Å². The van der Waals surface area contributed by atoms with Gasteiger partial charge in [0.15, 0.2) is 0 Å². The van der Waals surface area contributed by atoms with Crippen molar-refractivity contribution in [2.45, 2.75) is 73.3 Å². The van der Waals surface area contributed by atoms with Crippen molar-refractivity contribution in [2.75, 3.05) is 0 Å². The Kier molecular flexibility index (Phi) is 8.64. The molecule has 0 aliphatic heterocycles. The quantitative estimate of drug-likeness (QED) is 0.0910. The lowest BCUT2D eigenvalue weighted by Gasteiger charge is -2.42. The zero-order chi connectivity index (χ0) is 29.7. The molecule has 1 heterocycles. The second kappa shape index (κ2) is 9.66. The van der Waals surface area contributed by atoms with Crippen molar-refractivity contribution >= 4 is 11.6 Å². The second-order valence-corrected chi connectivity index (χ2v) is 7.95. The van der Waals surface area contributed by atoms with Crippen LogP contribution in [0.5, 0.6) is 0 Å². The zero-order valence-electron chi connectivity index (χ0n) is 17.3. The summed E-state index contributed by atoms with van der Waals surface area (Å²) in [7, 11) is 0. The number of unbranched alkanes of at least 4 members (excludes halogenated alkanes) is 1. The summed E-state index contributed by atoms with van der Waals surface area (Å²) in [5, 5.41) is 8.78. The van der Waals surface area contributed by atoms with E-state index < -0.39 is 66.9 Å². The van der Waals surface area contributed by atoms with Crippen LogP contribution in [0.4, 0.5) is 74.6 Å². The molecule has 0 radical (unpaired) electrons. The highest BCUT2D eigenvalue weighted by molar-refractivity contribution is 6.28. The van der Waals surface area contributed by atoms with Gasteiger partial charge in [-0.3, -0.25) is 5.21 Å². The minimum absolute atomic E-state index is 0.134. The van der Waals surface area contributed by atoms with Crippen molar-refractivity contribution in [2.24, 2.45) is 0 Å². The number of pyridine rings is 1.